The molecule has 0 unspecified atom stereocenters. The number of ether oxygens (including phenoxy) is 2. The van der Waals surface area contributed by atoms with Crippen molar-refractivity contribution in [2.75, 3.05) is 26.8 Å². The predicted molar refractivity (Wildman–Crippen MR) is 80.1 cm³/mol. The normalized spacial score (nSPS) is 14.7. The Bertz CT molecular complexity index is 531. The van der Waals surface area contributed by atoms with Crippen molar-refractivity contribution < 1.29 is 28.7 Å². The van der Waals surface area contributed by atoms with Crippen LogP contribution in [0, 0.1) is 0 Å². The first-order chi connectivity index (χ1) is 10.8. The Hall–Kier alpha value is -2.09. The van der Waals surface area contributed by atoms with E-state index in [4.69, 9.17) is 26.8 Å². The van der Waals surface area contributed by atoms with Crippen LogP contribution in [0.1, 0.15) is 25.7 Å². The molecule has 8 nitrogen and oxygen atoms in total. The number of unbranched alkanes of at least 4 members (excludes halogenated alkanes) is 1. The average molecular weight is 347 g/mol. The highest BCUT2D eigenvalue weighted by atomic mass is 35.5. The predicted octanol–water partition coefficient (Wildman–Crippen LogP) is 0.0834. The minimum absolute atomic E-state index is 0.0643. The Morgan fingerprint density at radius 3 is 2.43 bits per heavy atom. The van der Waals surface area contributed by atoms with Gasteiger partial charge in [0, 0.05) is 12.7 Å². The molecule has 1 aliphatic rings. The quantitative estimate of drug-likeness (QED) is 0.286. The van der Waals surface area contributed by atoms with E-state index in [1.165, 1.54) is 4.90 Å². The van der Waals surface area contributed by atoms with Crippen LogP contribution >= 0.6 is 11.6 Å². The van der Waals surface area contributed by atoms with Crippen molar-refractivity contribution in [3.05, 3.63) is 11.3 Å². The SMILES string of the molecule is CN1CC(N)=C(C(=O)OCCCCOC(=O)CC(=O)Cl)CC1=O. The molecule has 0 radical (unpaired) electrons. The zero-order valence-electron chi connectivity index (χ0n) is 12.8. The third-order valence-corrected chi connectivity index (χ3v) is 3.25. The van der Waals surface area contributed by atoms with Gasteiger partial charge in [0.05, 0.1) is 31.8 Å². The van der Waals surface area contributed by atoms with Gasteiger partial charge in [-0.05, 0) is 24.4 Å². The number of nitrogens with two attached hydrogens (primary N) is 1. The molecule has 0 aliphatic carbocycles. The summed E-state index contributed by atoms with van der Waals surface area (Å²) in [4.78, 5) is 46.3. The molecule has 0 aromatic heterocycles. The van der Waals surface area contributed by atoms with Crippen molar-refractivity contribution in [3.8, 4) is 0 Å². The van der Waals surface area contributed by atoms with Crippen molar-refractivity contribution in [1.29, 1.82) is 0 Å². The molecule has 1 rings (SSSR count). The number of hydrogen-bond acceptors (Lipinski definition) is 7. The van der Waals surface area contributed by atoms with Gasteiger partial charge in [0.25, 0.3) is 0 Å². The molecule has 0 fully saturated rings. The zero-order chi connectivity index (χ0) is 17.4. The summed E-state index contributed by atoms with van der Waals surface area (Å²) in [7, 11) is 1.61. The number of nitrogens with zero attached hydrogens (tertiary/aromatic N) is 1. The maximum absolute atomic E-state index is 11.9. The van der Waals surface area contributed by atoms with E-state index in [1.54, 1.807) is 7.05 Å². The molecule has 9 heteroatoms. The summed E-state index contributed by atoms with van der Waals surface area (Å²) < 4.78 is 9.80. The van der Waals surface area contributed by atoms with Gasteiger partial charge in [0.15, 0.2) is 0 Å². The van der Waals surface area contributed by atoms with E-state index < -0.39 is 23.6 Å². The molecule has 1 aliphatic heterocycles. The Balaban J connectivity index is 2.22. The lowest BCUT2D eigenvalue weighted by molar-refractivity contribution is -0.146. The number of esters is 2. The largest absolute Gasteiger partial charge is 0.465 e. The van der Waals surface area contributed by atoms with E-state index in [1.807, 2.05) is 0 Å². The smallest absolute Gasteiger partial charge is 0.336 e. The van der Waals surface area contributed by atoms with Gasteiger partial charge in [0.2, 0.25) is 11.1 Å². The van der Waals surface area contributed by atoms with Gasteiger partial charge in [-0.2, -0.15) is 0 Å². The van der Waals surface area contributed by atoms with Crippen LogP contribution in [0.2, 0.25) is 0 Å². The van der Waals surface area contributed by atoms with Crippen LogP contribution in [0.4, 0.5) is 0 Å². The summed E-state index contributed by atoms with van der Waals surface area (Å²) in [6, 6.07) is 0. The molecule has 0 aromatic rings. The lowest BCUT2D eigenvalue weighted by Gasteiger charge is -2.24. The van der Waals surface area contributed by atoms with Crippen molar-refractivity contribution in [3.63, 3.8) is 0 Å². The molecular weight excluding hydrogens is 328 g/mol. The highest BCUT2D eigenvalue weighted by Crippen LogP contribution is 2.16. The van der Waals surface area contributed by atoms with E-state index in [0.717, 1.165) is 0 Å². The van der Waals surface area contributed by atoms with Gasteiger partial charge >= 0.3 is 11.9 Å². The summed E-state index contributed by atoms with van der Waals surface area (Å²) in [6.07, 6.45) is 0.401. The van der Waals surface area contributed by atoms with Crippen LogP contribution < -0.4 is 5.73 Å². The highest BCUT2D eigenvalue weighted by Gasteiger charge is 2.26. The maximum atomic E-state index is 11.9. The van der Waals surface area contributed by atoms with E-state index in [9.17, 15) is 19.2 Å². The second-order valence-corrected chi connectivity index (χ2v) is 5.45. The number of likely N-dealkylation sites (N-methyl/N-ethyl adjacent to an activating group) is 1. The van der Waals surface area contributed by atoms with Crippen LogP contribution in [0.5, 0.6) is 0 Å². The monoisotopic (exact) mass is 346 g/mol. The molecule has 0 aromatic carbocycles. The summed E-state index contributed by atoms with van der Waals surface area (Å²) in [5, 5.41) is -0.775. The van der Waals surface area contributed by atoms with Gasteiger partial charge in [-0.15, -0.1) is 0 Å². The van der Waals surface area contributed by atoms with Crippen molar-refractivity contribution in [2.24, 2.45) is 5.73 Å². The molecule has 2 N–H and O–H groups in total. The first-order valence-corrected chi connectivity index (χ1v) is 7.41. The van der Waals surface area contributed by atoms with Crippen LogP contribution in [0.3, 0.4) is 0 Å². The van der Waals surface area contributed by atoms with E-state index in [-0.39, 0.29) is 37.7 Å². The number of rotatable bonds is 8. The van der Waals surface area contributed by atoms with Gasteiger partial charge in [0.1, 0.15) is 6.42 Å². The molecule has 0 saturated carbocycles. The number of amides is 1. The third kappa shape index (κ3) is 6.68. The molecule has 1 heterocycles. The second kappa shape index (κ2) is 9.14. The summed E-state index contributed by atoms with van der Waals surface area (Å²) in [5.41, 5.74) is 6.27. The van der Waals surface area contributed by atoms with Gasteiger partial charge < -0.3 is 20.1 Å². The van der Waals surface area contributed by atoms with Crippen LogP contribution in [-0.4, -0.2) is 54.8 Å². The zero-order valence-corrected chi connectivity index (χ0v) is 13.6. The Morgan fingerprint density at radius 1 is 1.22 bits per heavy atom. The van der Waals surface area contributed by atoms with Crippen LogP contribution in [-0.2, 0) is 28.7 Å². The standard InChI is InChI=1S/C14H19ClN2O6/c1-17-8-10(16)9(6-12(17)19)14(21)23-5-3-2-4-22-13(20)7-11(15)18/h2-8,16H2,1H3. The molecule has 0 spiro atoms. The fraction of sp³-hybridized carbons (Fsp3) is 0.571. The van der Waals surface area contributed by atoms with Gasteiger partial charge in [-0.25, -0.2) is 4.79 Å². The highest BCUT2D eigenvalue weighted by molar-refractivity contribution is 6.64. The summed E-state index contributed by atoms with van der Waals surface area (Å²) >= 11 is 5.04. The Labute approximate surface area is 138 Å². The minimum Gasteiger partial charge on any atom is -0.465 e. The number of halogens is 1. The molecule has 0 atom stereocenters. The number of hydrogen-bond donors (Lipinski definition) is 1. The third-order valence-electron chi connectivity index (χ3n) is 3.11. The molecule has 0 bridgehead atoms. The van der Waals surface area contributed by atoms with Gasteiger partial charge in [-0.3, -0.25) is 14.4 Å². The van der Waals surface area contributed by atoms with E-state index in [2.05, 4.69) is 0 Å². The lowest BCUT2D eigenvalue weighted by atomic mass is 10.1. The van der Waals surface area contributed by atoms with Crippen LogP contribution in [0.15, 0.2) is 11.3 Å². The molecule has 23 heavy (non-hydrogen) atoms. The molecule has 1 amide bonds. The fourth-order valence-electron chi connectivity index (χ4n) is 1.85. The van der Waals surface area contributed by atoms with Crippen molar-refractivity contribution in [2.45, 2.75) is 25.7 Å². The van der Waals surface area contributed by atoms with Crippen molar-refractivity contribution in [1.82, 2.24) is 4.90 Å². The Morgan fingerprint density at radius 2 is 1.83 bits per heavy atom. The Kier molecular flexibility index (Phi) is 7.53. The number of carbonyl (C=O) groups excluding carboxylic acids is 4. The summed E-state index contributed by atoms with van der Waals surface area (Å²) in [5.74, 6) is -1.48. The topological polar surface area (TPSA) is 116 Å². The first-order valence-electron chi connectivity index (χ1n) is 7.03. The van der Waals surface area contributed by atoms with Gasteiger partial charge in [-0.1, -0.05) is 0 Å². The first kappa shape index (κ1) is 19.0. The molecule has 0 saturated heterocycles. The van der Waals surface area contributed by atoms with Crippen molar-refractivity contribution >= 4 is 34.7 Å². The molecule has 128 valence electrons. The maximum Gasteiger partial charge on any atom is 0.336 e. The van der Waals surface area contributed by atoms with Crippen LogP contribution in [0.25, 0.3) is 0 Å². The van der Waals surface area contributed by atoms with E-state index in [0.29, 0.717) is 18.5 Å². The van der Waals surface area contributed by atoms with E-state index >= 15 is 0 Å². The lowest BCUT2D eigenvalue weighted by Crippen LogP contribution is -2.37. The molecular formula is C14H19ClN2O6. The fourth-order valence-corrected chi connectivity index (χ4v) is 1.96. The summed E-state index contributed by atoms with van der Waals surface area (Å²) in [6.45, 7) is 0.429. The average Bonchev–Trinajstić information content (AvgIpc) is 2.45. The number of carbonyl (C=O) groups is 4. The second-order valence-electron chi connectivity index (χ2n) is 5.03. The minimum atomic E-state index is -0.775.